The Hall–Kier alpha value is -2.17. The van der Waals surface area contributed by atoms with Gasteiger partial charge in [-0.15, -0.1) is 10.2 Å². The van der Waals surface area contributed by atoms with Crippen molar-refractivity contribution in [3.63, 3.8) is 0 Å². The summed E-state index contributed by atoms with van der Waals surface area (Å²) in [5.41, 5.74) is 0.816. The molecule has 0 spiro atoms. The highest BCUT2D eigenvalue weighted by Gasteiger charge is 2.18. The van der Waals surface area contributed by atoms with Crippen LogP contribution in [0.2, 0.25) is 0 Å². The minimum absolute atomic E-state index is 0.207. The number of nitrogens with one attached hydrogen (secondary N) is 1. The van der Waals surface area contributed by atoms with Crippen LogP contribution in [-0.4, -0.2) is 34.8 Å². The van der Waals surface area contributed by atoms with Crippen LogP contribution in [0.5, 0.6) is 0 Å². The van der Waals surface area contributed by atoms with E-state index in [1.54, 1.807) is 52.1 Å². The van der Waals surface area contributed by atoms with E-state index in [1.165, 1.54) is 16.2 Å². The van der Waals surface area contributed by atoms with Crippen LogP contribution >= 0.6 is 23.3 Å². The number of rotatable bonds is 5. The van der Waals surface area contributed by atoms with Gasteiger partial charge >= 0.3 is 6.09 Å². The molecule has 1 heterocycles. The predicted octanol–water partition coefficient (Wildman–Crippen LogP) is 2.81. The molecule has 2 rings (SSSR count). The maximum absolute atomic E-state index is 12.5. The van der Waals surface area contributed by atoms with Crippen LogP contribution in [0.15, 0.2) is 28.6 Å². The second-order valence-electron chi connectivity index (χ2n) is 6.38. The Bertz CT molecular complexity index is 771. The summed E-state index contributed by atoms with van der Waals surface area (Å²) >= 11 is 2.23. The molecule has 2 amide bonds. The number of hydrogen-bond acceptors (Lipinski definition) is 8. The summed E-state index contributed by atoms with van der Waals surface area (Å²) in [6, 6.07) is 6.95. The lowest BCUT2D eigenvalue weighted by atomic mass is 10.1. The van der Waals surface area contributed by atoms with Crippen LogP contribution in [0.1, 0.15) is 36.7 Å². The minimum Gasteiger partial charge on any atom is -0.444 e. The fraction of sp³-hybridized carbons (Fsp3) is 0.375. The number of anilines is 1. The number of carbonyl (C=O) groups is 2. The molecule has 0 aliphatic carbocycles. The van der Waals surface area contributed by atoms with Gasteiger partial charge in [-0.3, -0.25) is 14.8 Å². The zero-order chi connectivity index (χ0) is 19.3. The molecule has 0 saturated carbocycles. The van der Waals surface area contributed by atoms with Crippen LogP contribution in [-0.2, 0) is 11.3 Å². The fourth-order valence-electron chi connectivity index (χ4n) is 1.92. The first-order valence-corrected chi connectivity index (χ1v) is 9.43. The van der Waals surface area contributed by atoms with Gasteiger partial charge in [0.2, 0.25) is 5.13 Å². The number of aromatic nitrogens is 2. The molecule has 0 aliphatic heterocycles. The third-order valence-electron chi connectivity index (χ3n) is 3.12. The molecule has 3 N–H and O–H groups in total. The molecular weight excluding hydrogens is 374 g/mol. The second-order valence-corrected chi connectivity index (χ2v) is 8.22. The molecule has 10 heteroatoms. The van der Waals surface area contributed by atoms with Crippen LogP contribution in [0.4, 0.5) is 9.93 Å². The standard InChI is InChI=1S/C16H21N5O3S2/c1-16(2,3)24-14(23)18-9-10-5-7-11(8-6-10)12(22)21(4)13-19-20-15(25-13)26-17/h5-8H,9,17H2,1-4H3,(H,18,23). The highest BCUT2D eigenvalue weighted by atomic mass is 32.2. The predicted molar refractivity (Wildman–Crippen MR) is 102 cm³/mol. The van der Waals surface area contributed by atoms with E-state index in [0.29, 0.717) is 21.6 Å². The lowest BCUT2D eigenvalue weighted by Crippen LogP contribution is -2.32. The SMILES string of the molecule is CN(C(=O)c1ccc(CNC(=O)OC(C)(C)C)cc1)c1nnc(SN)s1. The van der Waals surface area contributed by atoms with Gasteiger partial charge in [0.1, 0.15) is 5.60 Å². The third-order valence-corrected chi connectivity index (χ3v) is 4.74. The monoisotopic (exact) mass is 395 g/mol. The van der Waals surface area contributed by atoms with E-state index in [0.717, 1.165) is 17.5 Å². The topological polar surface area (TPSA) is 110 Å². The van der Waals surface area contributed by atoms with Crippen molar-refractivity contribution < 1.29 is 14.3 Å². The van der Waals surface area contributed by atoms with Gasteiger partial charge in [-0.05, 0) is 50.4 Å². The molecule has 0 radical (unpaired) electrons. The maximum Gasteiger partial charge on any atom is 0.407 e. The Labute approximate surface area is 160 Å². The van der Waals surface area contributed by atoms with Gasteiger partial charge in [0, 0.05) is 19.2 Å². The molecule has 0 fully saturated rings. The van der Waals surface area contributed by atoms with E-state index in [4.69, 9.17) is 9.88 Å². The normalized spacial score (nSPS) is 11.1. The van der Waals surface area contributed by atoms with E-state index < -0.39 is 11.7 Å². The lowest BCUT2D eigenvalue weighted by Gasteiger charge is -2.19. The number of nitrogens with two attached hydrogens (primary N) is 1. The number of hydrogen-bond donors (Lipinski definition) is 2. The minimum atomic E-state index is -0.544. The quantitative estimate of drug-likeness (QED) is 0.591. The van der Waals surface area contributed by atoms with Crippen molar-refractivity contribution in [1.29, 1.82) is 0 Å². The zero-order valence-electron chi connectivity index (χ0n) is 15.0. The Balaban J connectivity index is 1.95. The Kier molecular flexibility index (Phi) is 6.57. The Morgan fingerprint density at radius 1 is 1.27 bits per heavy atom. The molecule has 140 valence electrons. The van der Waals surface area contributed by atoms with Gasteiger partial charge in [0.05, 0.1) is 0 Å². The van der Waals surface area contributed by atoms with Gasteiger partial charge < -0.3 is 10.1 Å². The van der Waals surface area contributed by atoms with Crippen molar-refractivity contribution in [2.24, 2.45) is 5.14 Å². The van der Waals surface area contributed by atoms with Gasteiger partial charge in [-0.25, -0.2) is 4.79 Å². The molecule has 0 bridgehead atoms. The Morgan fingerprint density at radius 2 is 1.92 bits per heavy atom. The van der Waals surface area contributed by atoms with Crippen molar-refractivity contribution >= 4 is 40.4 Å². The fourth-order valence-corrected chi connectivity index (χ4v) is 2.96. The number of nitrogens with zero attached hydrogens (tertiary/aromatic N) is 3. The molecule has 8 nitrogen and oxygen atoms in total. The number of amides is 2. The molecule has 26 heavy (non-hydrogen) atoms. The van der Waals surface area contributed by atoms with Gasteiger partial charge in [0.25, 0.3) is 5.91 Å². The Morgan fingerprint density at radius 3 is 2.46 bits per heavy atom. The largest absolute Gasteiger partial charge is 0.444 e. The van der Waals surface area contributed by atoms with Crippen molar-refractivity contribution in [3.8, 4) is 0 Å². The van der Waals surface area contributed by atoms with Gasteiger partial charge in [0.15, 0.2) is 4.34 Å². The highest BCUT2D eigenvalue weighted by molar-refractivity contribution is 7.98. The molecular formula is C16H21N5O3S2. The van der Waals surface area contributed by atoms with Crippen molar-refractivity contribution in [3.05, 3.63) is 35.4 Å². The van der Waals surface area contributed by atoms with E-state index >= 15 is 0 Å². The van der Waals surface area contributed by atoms with Crippen molar-refractivity contribution in [1.82, 2.24) is 15.5 Å². The number of ether oxygens (including phenoxy) is 1. The zero-order valence-corrected chi connectivity index (χ0v) is 16.6. The number of alkyl carbamates (subject to hydrolysis) is 1. The summed E-state index contributed by atoms with van der Waals surface area (Å²) in [6.45, 7) is 5.72. The smallest absolute Gasteiger partial charge is 0.407 e. The van der Waals surface area contributed by atoms with Crippen molar-refractivity contribution in [2.75, 3.05) is 11.9 Å². The first-order chi connectivity index (χ1) is 12.2. The summed E-state index contributed by atoms with van der Waals surface area (Å²) in [5, 5.41) is 16.4. The van der Waals surface area contributed by atoms with Crippen LogP contribution < -0.4 is 15.4 Å². The van der Waals surface area contributed by atoms with Gasteiger partial charge in [-0.2, -0.15) is 0 Å². The number of benzene rings is 1. The summed E-state index contributed by atoms with van der Waals surface area (Å²) in [5.74, 6) is -0.207. The molecule has 0 unspecified atom stereocenters. The summed E-state index contributed by atoms with van der Waals surface area (Å²) < 4.78 is 5.77. The van der Waals surface area contributed by atoms with E-state index in [2.05, 4.69) is 15.5 Å². The first kappa shape index (κ1) is 20.1. The third kappa shape index (κ3) is 5.68. The first-order valence-electron chi connectivity index (χ1n) is 7.73. The van der Waals surface area contributed by atoms with Crippen LogP contribution in [0, 0.1) is 0 Å². The average Bonchev–Trinajstić information content (AvgIpc) is 3.07. The van der Waals surface area contributed by atoms with Crippen LogP contribution in [0.25, 0.3) is 0 Å². The average molecular weight is 396 g/mol. The second kappa shape index (κ2) is 8.47. The van der Waals surface area contributed by atoms with E-state index in [9.17, 15) is 9.59 Å². The summed E-state index contributed by atoms with van der Waals surface area (Å²) in [4.78, 5) is 25.6. The molecule has 1 aromatic heterocycles. The number of carbonyl (C=O) groups excluding carboxylic acids is 2. The van der Waals surface area contributed by atoms with Crippen molar-refractivity contribution in [2.45, 2.75) is 37.3 Å². The summed E-state index contributed by atoms with van der Waals surface area (Å²) in [6.07, 6.45) is -0.484. The van der Waals surface area contributed by atoms with Crippen LogP contribution in [0.3, 0.4) is 0 Å². The molecule has 0 saturated heterocycles. The van der Waals surface area contributed by atoms with E-state index in [1.807, 2.05) is 0 Å². The lowest BCUT2D eigenvalue weighted by molar-refractivity contribution is 0.0523. The maximum atomic E-state index is 12.5. The van der Waals surface area contributed by atoms with E-state index in [-0.39, 0.29) is 5.91 Å². The van der Waals surface area contributed by atoms with Gasteiger partial charge in [-0.1, -0.05) is 23.5 Å². The molecule has 1 aromatic carbocycles. The highest BCUT2D eigenvalue weighted by Crippen LogP contribution is 2.25. The molecule has 0 aliphatic rings. The molecule has 2 aromatic rings. The molecule has 0 atom stereocenters. The summed E-state index contributed by atoms with van der Waals surface area (Å²) in [7, 11) is 1.63.